The maximum Gasteiger partial charge on any atom is 0.213 e. The van der Waals surface area contributed by atoms with E-state index >= 15 is 0 Å². The molecular formula is C15H19BN4O. The Hall–Kier alpha value is -2.24. The number of aromatic nitrogens is 2. The molecule has 0 N–H and O–H groups in total. The Labute approximate surface area is 126 Å². The summed E-state index contributed by atoms with van der Waals surface area (Å²) < 4.78 is 5.09. The Balaban J connectivity index is 1.62. The van der Waals surface area contributed by atoms with E-state index in [1.165, 1.54) is 5.46 Å². The maximum absolute atomic E-state index is 5.09. The average Bonchev–Trinajstić information content (AvgIpc) is 2.56. The van der Waals surface area contributed by atoms with Crippen LogP contribution in [0.1, 0.15) is 0 Å². The molecule has 1 aliphatic heterocycles. The summed E-state index contributed by atoms with van der Waals surface area (Å²) in [6.45, 7) is 3.90. The van der Waals surface area contributed by atoms with E-state index in [1.807, 2.05) is 18.5 Å². The van der Waals surface area contributed by atoms with Gasteiger partial charge in [-0.3, -0.25) is 0 Å². The topological polar surface area (TPSA) is 41.5 Å². The minimum Gasteiger partial charge on any atom is -0.481 e. The van der Waals surface area contributed by atoms with Crippen LogP contribution in [0.5, 0.6) is 5.88 Å². The second-order valence-corrected chi connectivity index (χ2v) is 5.23. The number of ether oxygens (including phenoxy) is 1. The highest BCUT2D eigenvalue weighted by Gasteiger charge is 2.18. The smallest absolute Gasteiger partial charge is 0.213 e. The fraction of sp³-hybridized carbons (Fsp3) is 0.333. The monoisotopic (exact) mass is 282 g/mol. The molecule has 1 saturated heterocycles. The lowest BCUT2D eigenvalue weighted by molar-refractivity contribution is 0.398. The predicted molar refractivity (Wildman–Crippen MR) is 87.6 cm³/mol. The van der Waals surface area contributed by atoms with Gasteiger partial charge in [0.2, 0.25) is 5.88 Å². The van der Waals surface area contributed by atoms with Crippen molar-refractivity contribution in [3.63, 3.8) is 0 Å². The van der Waals surface area contributed by atoms with Gasteiger partial charge < -0.3 is 14.5 Å². The first-order valence-corrected chi connectivity index (χ1v) is 7.19. The van der Waals surface area contributed by atoms with Gasteiger partial charge in [0.15, 0.2) is 0 Å². The Morgan fingerprint density at radius 2 is 1.71 bits per heavy atom. The molecule has 1 fully saturated rings. The highest BCUT2D eigenvalue weighted by molar-refractivity contribution is 6.32. The van der Waals surface area contributed by atoms with Crippen molar-refractivity contribution in [3.8, 4) is 5.88 Å². The molecule has 0 unspecified atom stereocenters. The zero-order valence-electron chi connectivity index (χ0n) is 12.5. The molecule has 1 aliphatic rings. The molecule has 6 heteroatoms. The number of rotatable bonds is 3. The van der Waals surface area contributed by atoms with Crippen LogP contribution in [0, 0.1) is 0 Å². The van der Waals surface area contributed by atoms with Crippen LogP contribution in [0.3, 0.4) is 0 Å². The van der Waals surface area contributed by atoms with Crippen molar-refractivity contribution in [3.05, 3.63) is 36.7 Å². The minimum absolute atomic E-state index is 0.654. The largest absolute Gasteiger partial charge is 0.481 e. The summed E-state index contributed by atoms with van der Waals surface area (Å²) in [5.41, 5.74) is 2.34. The van der Waals surface area contributed by atoms with Crippen LogP contribution in [0.25, 0.3) is 0 Å². The summed E-state index contributed by atoms with van der Waals surface area (Å²) in [6, 6.07) is 8.18. The lowest BCUT2D eigenvalue weighted by Crippen LogP contribution is -2.46. The van der Waals surface area contributed by atoms with E-state index in [0.717, 1.165) is 37.7 Å². The molecule has 0 atom stereocenters. The summed E-state index contributed by atoms with van der Waals surface area (Å²) in [7, 11) is 3.70. The molecule has 0 spiro atoms. The third kappa shape index (κ3) is 3.10. The molecule has 108 valence electrons. The van der Waals surface area contributed by atoms with Gasteiger partial charge >= 0.3 is 0 Å². The molecule has 2 aromatic heterocycles. The summed E-state index contributed by atoms with van der Waals surface area (Å²) in [6.07, 6.45) is 3.80. The maximum atomic E-state index is 5.09. The summed E-state index contributed by atoms with van der Waals surface area (Å²) in [5, 5.41) is 0. The van der Waals surface area contributed by atoms with E-state index in [9.17, 15) is 0 Å². The molecule has 3 heterocycles. The van der Waals surface area contributed by atoms with Gasteiger partial charge in [-0.05, 0) is 12.1 Å². The van der Waals surface area contributed by atoms with Crippen molar-refractivity contribution < 1.29 is 4.74 Å². The molecule has 0 radical (unpaired) electrons. The van der Waals surface area contributed by atoms with Crippen LogP contribution in [0.4, 0.5) is 11.5 Å². The van der Waals surface area contributed by atoms with Crippen molar-refractivity contribution in [1.29, 1.82) is 0 Å². The highest BCUT2D eigenvalue weighted by atomic mass is 16.5. The number of nitrogens with zero attached hydrogens (tertiary/aromatic N) is 4. The van der Waals surface area contributed by atoms with Crippen molar-refractivity contribution >= 4 is 24.8 Å². The van der Waals surface area contributed by atoms with E-state index in [4.69, 9.17) is 4.74 Å². The normalized spacial score (nSPS) is 15.1. The number of anilines is 2. The lowest BCUT2D eigenvalue weighted by Gasteiger charge is -2.36. The van der Waals surface area contributed by atoms with Crippen LogP contribution in [-0.4, -0.2) is 51.1 Å². The Kier molecular flexibility index (Phi) is 3.95. The van der Waals surface area contributed by atoms with Gasteiger partial charge in [0.05, 0.1) is 19.0 Å². The van der Waals surface area contributed by atoms with Crippen molar-refractivity contribution in [1.82, 2.24) is 9.97 Å². The number of hydrogen-bond acceptors (Lipinski definition) is 5. The van der Waals surface area contributed by atoms with Gasteiger partial charge in [-0.2, -0.15) is 0 Å². The molecule has 0 aliphatic carbocycles. The van der Waals surface area contributed by atoms with Crippen molar-refractivity contribution in [2.24, 2.45) is 0 Å². The second kappa shape index (κ2) is 6.03. The Morgan fingerprint density at radius 3 is 2.29 bits per heavy atom. The van der Waals surface area contributed by atoms with E-state index in [0.29, 0.717) is 5.88 Å². The number of methoxy groups -OCH3 is 1. The molecule has 21 heavy (non-hydrogen) atoms. The lowest BCUT2D eigenvalue weighted by atomic mass is 9.99. The van der Waals surface area contributed by atoms with Crippen LogP contribution < -0.4 is 20.0 Å². The average molecular weight is 282 g/mol. The highest BCUT2D eigenvalue weighted by Crippen LogP contribution is 2.19. The molecule has 0 amide bonds. The van der Waals surface area contributed by atoms with E-state index in [2.05, 4.69) is 45.8 Å². The van der Waals surface area contributed by atoms with Gasteiger partial charge in [0.25, 0.3) is 0 Å². The second-order valence-electron chi connectivity index (χ2n) is 5.23. The van der Waals surface area contributed by atoms with Crippen LogP contribution in [-0.2, 0) is 0 Å². The fourth-order valence-corrected chi connectivity index (χ4v) is 2.52. The molecule has 2 aromatic rings. The first kappa shape index (κ1) is 13.7. The summed E-state index contributed by atoms with van der Waals surface area (Å²) >= 11 is 0. The quantitative estimate of drug-likeness (QED) is 0.745. The molecule has 0 bridgehead atoms. The first-order chi connectivity index (χ1) is 10.3. The zero-order valence-corrected chi connectivity index (χ0v) is 12.5. The SMILES string of the molecule is Bc1ccc(N2CCN(c3ccc(OC)nc3)CC2)nc1. The summed E-state index contributed by atoms with van der Waals surface area (Å²) in [4.78, 5) is 13.4. The first-order valence-electron chi connectivity index (χ1n) is 7.19. The van der Waals surface area contributed by atoms with Gasteiger partial charge in [-0.25, -0.2) is 9.97 Å². The number of pyridine rings is 2. The van der Waals surface area contributed by atoms with Crippen LogP contribution >= 0.6 is 0 Å². The molecule has 0 saturated carbocycles. The predicted octanol–water partition coefficient (Wildman–Crippen LogP) is 0.0702. The zero-order chi connectivity index (χ0) is 14.7. The molecule has 0 aromatic carbocycles. The van der Waals surface area contributed by atoms with E-state index < -0.39 is 0 Å². The third-order valence-corrected chi connectivity index (χ3v) is 3.79. The number of hydrogen-bond donors (Lipinski definition) is 0. The van der Waals surface area contributed by atoms with Gasteiger partial charge in [-0.1, -0.05) is 11.5 Å². The Bertz CT molecular complexity index is 580. The van der Waals surface area contributed by atoms with E-state index in [-0.39, 0.29) is 0 Å². The summed E-state index contributed by atoms with van der Waals surface area (Å²) in [5.74, 6) is 1.72. The van der Waals surface area contributed by atoms with Gasteiger partial charge in [-0.15, -0.1) is 0 Å². The minimum atomic E-state index is 0.654. The molecule has 5 nitrogen and oxygen atoms in total. The van der Waals surface area contributed by atoms with Crippen molar-refractivity contribution in [2.75, 3.05) is 43.1 Å². The fourth-order valence-electron chi connectivity index (χ4n) is 2.52. The standard InChI is InChI=1S/C15H19BN4O/c1-21-15-5-3-13(11-18-15)19-6-8-20(9-7-19)14-4-2-12(16)10-17-14/h2-5,10-11H,6-9,16H2,1H3. The van der Waals surface area contributed by atoms with Crippen molar-refractivity contribution in [2.45, 2.75) is 0 Å². The third-order valence-electron chi connectivity index (χ3n) is 3.79. The van der Waals surface area contributed by atoms with E-state index in [1.54, 1.807) is 7.11 Å². The van der Waals surface area contributed by atoms with Gasteiger partial charge in [0.1, 0.15) is 13.7 Å². The Morgan fingerprint density at radius 1 is 0.952 bits per heavy atom. The van der Waals surface area contributed by atoms with Crippen LogP contribution in [0.15, 0.2) is 36.7 Å². The molecular weight excluding hydrogens is 263 g/mol. The van der Waals surface area contributed by atoms with Gasteiger partial charge in [0, 0.05) is 38.4 Å². The molecule has 3 rings (SSSR count). The number of piperazine rings is 1. The van der Waals surface area contributed by atoms with Crippen LogP contribution in [0.2, 0.25) is 0 Å².